The maximum absolute atomic E-state index is 5.92. The topological polar surface area (TPSA) is 46.0 Å². The van der Waals surface area contributed by atoms with Crippen LogP contribution in [-0.2, 0) is 0 Å². The number of thiocarbonyl (C=S) groups is 1. The van der Waals surface area contributed by atoms with Gasteiger partial charge in [-0.25, -0.2) is 4.98 Å². The molecule has 5 nitrogen and oxygen atoms in total. The third kappa shape index (κ3) is 3.68. The molecule has 4 aromatic rings. The predicted octanol–water partition coefficient (Wildman–Crippen LogP) is 5.99. The molecule has 1 aliphatic rings. The predicted molar refractivity (Wildman–Crippen MR) is 142 cm³/mol. The van der Waals surface area contributed by atoms with E-state index >= 15 is 0 Å². The normalized spacial score (nSPS) is 17.8. The zero-order valence-corrected chi connectivity index (χ0v) is 21.0. The molecule has 0 radical (unpaired) electrons. The van der Waals surface area contributed by atoms with Crippen molar-refractivity contribution in [3.05, 3.63) is 106 Å². The van der Waals surface area contributed by atoms with Gasteiger partial charge in [-0.2, -0.15) is 0 Å². The summed E-state index contributed by atoms with van der Waals surface area (Å²) >= 11 is 5.92. The van der Waals surface area contributed by atoms with E-state index in [2.05, 4.69) is 85.8 Å². The highest BCUT2D eigenvalue weighted by atomic mass is 32.1. The molecule has 34 heavy (non-hydrogen) atoms. The van der Waals surface area contributed by atoms with Crippen LogP contribution in [0, 0.1) is 34.6 Å². The van der Waals surface area contributed by atoms with Crippen LogP contribution in [0.1, 0.15) is 51.4 Å². The Morgan fingerprint density at radius 3 is 2.32 bits per heavy atom. The number of rotatable bonds is 4. The summed E-state index contributed by atoms with van der Waals surface area (Å²) in [4.78, 5) is 11.6. The second kappa shape index (κ2) is 8.69. The number of hydrogen-bond donors (Lipinski definition) is 1. The van der Waals surface area contributed by atoms with Crippen molar-refractivity contribution in [2.24, 2.45) is 0 Å². The Balaban J connectivity index is 1.70. The Morgan fingerprint density at radius 2 is 1.62 bits per heavy atom. The summed E-state index contributed by atoms with van der Waals surface area (Å²) in [5.74, 6) is 0.962. The summed E-state index contributed by atoms with van der Waals surface area (Å²) < 4.78 is 2.25. The standard InChI is InChI=1S/C28H29N5S/c1-17-11-12-22(15-19(17)3)33-26(25(31-28(33)34)24-10-6-7-13-29-24)23-16-20(4)32(21(23)5)27-18(2)9-8-14-30-27/h6-16,25-26H,1-5H3,(H,31,34). The molecule has 6 heteroatoms. The Hall–Kier alpha value is -3.51. The van der Waals surface area contributed by atoms with Gasteiger partial charge in [0.25, 0.3) is 0 Å². The summed E-state index contributed by atoms with van der Waals surface area (Å²) in [6.45, 7) is 10.7. The quantitative estimate of drug-likeness (QED) is 0.374. The van der Waals surface area contributed by atoms with Gasteiger partial charge in [0, 0.05) is 29.5 Å². The molecule has 3 aromatic heterocycles. The molecule has 0 amide bonds. The molecule has 2 atom stereocenters. The van der Waals surface area contributed by atoms with E-state index < -0.39 is 0 Å². The molecular weight excluding hydrogens is 438 g/mol. The lowest BCUT2D eigenvalue weighted by atomic mass is 9.96. The van der Waals surface area contributed by atoms with Crippen LogP contribution in [-0.4, -0.2) is 19.6 Å². The SMILES string of the molecule is Cc1ccc(N2C(=S)NC(c3ccccn3)C2c2cc(C)n(-c3ncccc3C)c2C)cc1C. The third-order valence-corrected chi connectivity index (χ3v) is 7.16. The fourth-order valence-corrected chi connectivity index (χ4v) is 5.29. The minimum atomic E-state index is -0.0749. The Kier molecular flexibility index (Phi) is 5.70. The minimum absolute atomic E-state index is 0.0477. The van der Waals surface area contributed by atoms with Crippen molar-refractivity contribution in [2.45, 2.75) is 46.7 Å². The highest BCUT2D eigenvalue weighted by Gasteiger charge is 2.42. The van der Waals surface area contributed by atoms with E-state index in [-0.39, 0.29) is 12.1 Å². The van der Waals surface area contributed by atoms with Crippen LogP contribution >= 0.6 is 12.2 Å². The number of aromatic nitrogens is 3. The Labute approximate surface area is 206 Å². The zero-order valence-electron chi connectivity index (χ0n) is 20.2. The van der Waals surface area contributed by atoms with E-state index in [1.807, 2.05) is 30.6 Å². The van der Waals surface area contributed by atoms with Crippen molar-refractivity contribution in [3.8, 4) is 5.82 Å². The monoisotopic (exact) mass is 467 g/mol. The van der Waals surface area contributed by atoms with Gasteiger partial charge < -0.3 is 14.8 Å². The molecule has 0 bridgehead atoms. The molecule has 0 spiro atoms. The number of benzene rings is 1. The Bertz CT molecular complexity index is 1380. The van der Waals surface area contributed by atoms with Gasteiger partial charge in [-0.05, 0) is 105 Å². The van der Waals surface area contributed by atoms with Gasteiger partial charge in [0.2, 0.25) is 0 Å². The van der Waals surface area contributed by atoms with Gasteiger partial charge in [-0.15, -0.1) is 0 Å². The van der Waals surface area contributed by atoms with E-state index in [1.165, 1.54) is 16.7 Å². The number of anilines is 1. The fourth-order valence-electron chi connectivity index (χ4n) is 4.95. The van der Waals surface area contributed by atoms with Crippen molar-refractivity contribution in [1.29, 1.82) is 0 Å². The highest BCUT2D eigenvalue weighted by molar-refractivity contribution is 7.80. The fraction of sp³-hybridized carbons (Fsp3) is 0.250. The van der Waals surface area contributed by atoms with Crippen LogP contribution in [0.3, 0.4) is 0 Å². The first-order valence-corrected chi connectivity index (χ1v) is 12.0. The summed E-state index contributed by atoms with van der Waals surface area (Å²) in [6, 6.07) is 18.8. The summed E-state index contributed by atoms with van der Waals surface area (Å²) in [5.41, 5.74) is 9.23. The zero-order chi connectivity index (χ0) is 24.0. The van der Waals surface area contributed by atoms with Gasteiger partial charge in [-0.3, -0.25) is 4.98 Å². The maximum atomic E-state index is 5.92. The van der Waals surface area contributed by atoms with Crippen LogP contribution in [0.15, 0.2) is 67.0 Å². The van der Waals surface area contributed by atoms with Crippen LogP contribution in [0.5, 0.6) is 0 Å². The summed E-state index contributed by atoms with van der Waals surface area (Å²) in [6.07, 6.45) is 3.70. The number of hydrogen-bond acceptors (Lipinski definition) is 3. The third-order valence-electron chi connectivity index (χ3n) is 6.85. The van der Waals surface area contributed by atoms with E-state index in [0.717, 1.165) is 34.2 Å². The minimum Gasteiger partial charge on any atom is -0.351 e. The van der Waals surface area contributed by atoms with Crippen molar-refractivity contribution < 1.29 is 0 Å². The molecule has 0 saturated carbocycles. The first-order chi connectivity index (χ1) is 16.4. The smallest absolute Gasteiger partial charge is 0.174 e. The van der Waals surface area contributed by atoms with Crippen molar-refractivity contribution in [2.75, 3.05) is 4.90 Å². The van der Waals surface area contributed by atoms with Gasteiger partial charge in [-0.1, -0.05) is 18.2 Å². The molecule has 1 saturated heterocycles. The Morgan fingerprint density at radius 1 is 0.824 bits per heavy atom. The molecule has 0 aliphatic carbocycles. The first kappa shape index (κ1) is 22.3. The van der Waals surface area contributed by atoms with E-state index in [0.29, 0.717) is 5.11 Å². The molecule has 5 rings (SSSR count). The molecule has 4 heterocycles. The van der Waals surface area contributed by atoms with E-state index in [1.54, 1.807) is 0 Å². The maximum Gasteiger partial charge on any atom is 0.174 e. The summed E-state index contributed by atoms with van der Waals surface area (Å²) in [5, 5.41) is 4.29. The molecule has 2 unspecified atom stereocenters. The molecule has 1 N–H and O–H groups in total. The van der Waals surface area contributed by atoms with Crippen LogP contribution in [0.4, 0.5) is 5.69 Å². The van der Waals surface area contributed by atoms with Crippen molar-refractivity contribution in [3.63, 3.8) is 0 Å². The van der Waals surface area contributed by atoms with E-state index in [4.69, 9.17) is 22.2 Å². The van der Waals surface area contributed by atoms with Crippen LogP contribution < -0.4 is 10.2 Å². The number of nitrogens with one attached hydrogen (secondary N) is 1. The van der Waals surface area contributed by atoms with Gasteiger partial charge in [0.1, 0.15) is 5.82 Å². The molecule has 172 valence electrons. The summed E-state index contributed by atoms with van der Waals surface area (Å²) in [7, 11) is 0. The lowest BCUT2D eigenvalue weighted by Crippen LogP contribution is -2.29. The second-order valence-corrected chi connectivity index (χ2v) is 9.46. The van der Waals surface area contributed by atoms with Gasteiger partial charge in [0.15, 0.2) is 5.11 Å². The second-order valence-electron chi connectivity index (χ2n) is 9.07. The van der Waals surface area contributed by atoms with Crippen LogP contribution in [0.2, 0.25) is 0 Å². The molecule has 1 fully saturated rings. The van der Waals surface area contributed by atoms with Crippen LogP contribution in [0.25, 0.3) is 5.82 Å². The first-order valence-electron chi connectivity index (χ1n) is 11.6. The van der Waals surface area contributed by atoms with Gasteiger partial charge >= 0.3 is 0 Å². The number of nitrogens with zero attached hydrogens (tertiary/aromatic N) is 4. The molecular formula is C28H29N5S. The van der Waals surface area contributed by atoms with E-state index in [9.17, 15) is 0 Å². The average molecular weight is 468 g/mol. The van der Waals surface area contributed by atoms with Gasteiger partial charge in [0.05, 0.1) is 17.8 Å². The number of aryl methyl sites for hydroxylation is 4. The molecule has 1 aliphatic heterocycles. The van der Waals surface area contributed by atoms with Crippen molar-refractivity contribution >= 4 is 23.0 Å². The number of pyridine rings is 2. The molecule has 1 aromatic carbocycles. The average Bonchev–Trinajstić information content (AvgIpc) is 3.32. The largest absolute Gasteiger partial charge is 0.351 e. The van der Waals surface area contributed by atoms with Crippen molar-refractivity contribution in [1.82, 2.24) is 19.9 Å². The highest BCUT2D eigenvalue weighted by Crippen LogP contribution is 2.44. The lowest BCUT2D eigenvalue weighted by molar-refractivity contribution is 0.565. The lowest BCUT2D eigenvalue weighted by Gasteiger charge is -2.28.